The molecule has 0 aliphatic carbocycles. The van der Waals surface area contributed by atoms with Gasteiger partial charge in [0, 0.05) is 16.6 Å². The van der Waals surface area contributed by atoms with E-state index in [1.807, 2.05) is 55.5 Å². The number of halogens is 1. The Morgan fingerprint density at radius 1 is 1.03 bits per heavy atom. The summed E-state index contributed by atoms with van der Waals surface area (Å²) in [4.78, 5) is 36.6. The Bertz CT molecular complexity index is 1410. The van der Waals surface area contributed by atoms with Crippen LogP contribution in [-0.2, 0) is 9.53 Å². The minimum absolute atomic E-state index is 0.203. The molecule has 0 radical (unpaired) electrons. The van der Waals surface area contributed by atoms with E-state index in [1.54, 1.807) is 31.4 Å². The molecule has 1 aromatic heterocycles. The summed E-state index contributed by atoms with van der Waals surface area (Å²) < 4.78 is 11.7. The molecule has 1 aliphatic heterocycles. The monoisotopic (exact) mass is 610 g/mol. The average molecular weight is 610 g/mol. The molecule has 2 N–H and O–H groups in total. The van der Waals surface area contributed by atoms with Gasteiger partial charge in [-0.05, 0) is 64.0 Å². The molecule has 1 saturated heterocycles. The third-order valence-corrected chi connectivity index (χ3v) is 7.23. The zero-order valence-electron chi connectivity index (χ0n) is 20.5. The summed E-state index contributed by atoms with van der Waals surface area (Å²) in [5.74, 6) is 0.716. The van der Waals surface area contributed by atoms with Crippen molar-refractivity contribution in [2.24, 2.45) is 0 Å². The van der Waals surface area contributed by atoms with E-state index in [0.29, 0.717) is 30.4 Å². The molecule has 2 unspecified atom stereocenters. The van der Waals surface area contributed by atoms with Gasteiger partial charge >= 0.3 is 6.03 Å². The molecule has 3 atom stereocenters. The smallest absolute Gasteiger partial charge is 0.325 e. The van der Waals surface area contributed by atoms with Gasteiger partial charge in [-0.3, -0.25) is 9.69 Å². The first-order chi connectivity index (χ1) is 18.0. The molecule has 4 aromatic rings. The first-order valence-electron chi connectivity index (χ1n) is 12.0. The number of carbonyl (C=O) groups is 2. The molecule has 5 rings (SSSR count). The van der Waals surface area contributed by atoms with Crippen LogP contribution in [0.2, 0.25) is 0 Å². The highest BCUT2D eigenvalue weighted by molar-refractivity contribution is 14.1. The number of ether oxygens (including phenoxy) is 2. The van der Waals surface area contributed by atoms with Crippen molar-refractivity contribution in [3.63, 3.8) is 0 Å². The lowest BCUT2D eigenvalue weighted by atomic mass is 9.91. The molecule has 2 heterocycles. The third-order valence-electron chi connectivity index (χ3n) is 6.56. The number of hydrogen-bond donors (Lipinski definition) is 2. The predicted octanol–water partition coefficient (Wildman–Crippen LogP) is 5.33. The van der Waals surface area contributed by atoms with Crippen molar-refractivity contribution in [3.05, 3.63) is 93.3 Å². The van der Waals surface area contributed by atoms with Gasteiger partial charge in [-0.15, -0.1) is 0 Å². The van der Waals surface area contributed by atoms with Crippen molar-refractivity contribution in [1.82, 2.24) is 20.2 Å². The Hall–Kier alpha value is -3.44. The van der Waals surface area contributed by atoms with E-state index in [9.17, 15) is 9.59 Å². The minimum atomic E-state index is -0.795. The first-order valence-corrected chi connectivity index (χ1v) is 13.1. The number of aromatic nitrogens is 2. The fourth-order valence-electron chi connectivity index (χ4n) is 4.65. The number of rotatable bonds is 9. The minimum Gasteiger partial charge on any atom is -0.491 e. The van der Waals surface area contributed by atoms with E-state index in [1.165, 1.54) is 4.90 Å². The largest absolute Gasteiger partial charge is 0.491 e. The SMILES string of the molecule is COCCOc1ccc([C@H]2NC(=O)N(C(c3nc4ccc(I)cc4[nH]3)C(C)c3ccccc3)C2=O)cc1. The van der Waals surface area contributed by atoms with Crippen LogP contribution >= 0.6 is 22.6 Å². The molecule has 3 aromatic carbocycles. The third kappa shape index (κ3) is 5.19. The molecule has 8 nitrogen and oxygen atoms in total. The van der Waals surface area contributed by atoms with Gasteiger partial charge in [0.2, 0.25) is 0 Å². The van der Waals surface area contributed by atoms with Gasteiger partial charge in [0.15, 0.2) is 0 Å². The van der Waals surface area contributed by atoms with Crippen LogP contribution in [0.1, 0.15) is 41.9 Å². The first kappa shape index (κ1) is 25.2. The van der Waals surface area contributed by atoms with Gasteiger partial charge in [0.25, 0.3) is 5.91 Å². The van der Waals surface area contributed by atoms with Gasteiger partial charge < -0.3 is 19.8 Å². The lowest BCUT2D eigenvalue weighted by Gasteiger charge is -2.29. The standard InChI is InChI=1S/C28H27IN4O4/c1-17(18-6-4-3-5-7-18)25(26-30-22-13-10-20(29)16-23(22)31-26)33-27(34)24(32-28(33)35)19-8-11-21(12-9-19)37-15-14-36-2/h3-13,16-17,24-25H,14-15H2,1-2H3,(H,30,31)(H,32,35)/t17?,24-,25?/m1/s1. The van der Waals surface area contributed by atoms with Gasteiger partial charge in [-0.25, -0.2) is 9.78 Å². The summed E-state index contributed by atoms with van der Waals surface area (Å²) in [6, 6.07) is 21.1. The van der Waals surface area contributed by atoms with Crippen LogP contribution < -0.4 is 10.1 Å². The quantitative estimate of drug-likeness (QED) is 0.152. The number of H-pyrrole nitrogens is 1. The molecule has 1 aliphatic rings. The zero-order chi connectivity index (χ0) is 25.9. The van der Waals surface area contributed by atoms with E-state index >= 15 is 0 Å². The van der Waals surface area contributed by atoms with E-state index in [4.69, 9.17) is 14.5 Å². The summed E-state index contributed by atoms with van der Waals surface area (Å²) in [6.07, 6.45) is 0. The van der Waals surface area contributed by atoms with E-state index in [0.717, 1.165) is 20.2 Å². The number of carbonyl (C=O) groups excluding carboxylic acids is 2. The van der Waals surface area contributed by atoms with Crippen molar-refractivity contribution in [2.45, 2.75) is 24.9 Å². The summed E-state index contributed by atoms with van der Waals surface area (Å²) in [7, 11) is 1.62. The second kappa shape index (κ2) is 10.9. The molecule has 0 bridgehead atoms. The number of imide groups is 1. The summed E-state index contributed by atoms with van der Waals surface area (Å²) in [6.45, 7) is 2.92. The number of fused-ring (bicyclic) bond motifs is 1. The van der Waals surface area contributed by atoms with Crippen LogP contribution in [0.3, 0.4) is 0 Å². The fourth-order valence-corrected chi connectivity index (χ4v) is 5.14. The van der Waals surface area contributed by atoms with Gasteiger partial charge in [0.1, 0.15) is 30.3 Å². The van der Waals surface area contributed by atoms with Crippen LogP contribution in [0.15, 0.2) is 72.8 Å². The summed E-state index contributed by atoms with van der Waals surface area (Å²) in [5, 5.41) is 2.88. The number of aromatic amines is 1. The number of nitrogens with one attached hydrogen (secondary N) is 2. The second-order valence-corrected chi connectivity index (χ2v) is 10.2. The number of urea groups is 1. The Morgan fingerprint density at radius 2 is 1.78 bits per heavy atom. The van der Waals surface area contributed by atoms with Gasteiger partial charge in [0.05, 0.1) is 17.6 Å². The normalized spacial score (nSPS) is 17.2. The van der Waals surface area contributed by atoms with Gasteiger partial charge in [-0.2, -0.15) is 0 Å². The van der Waals surface area contributed by atoms with Crippen molar-refractivity contribution in [1.29, 1.82) is 0 Å². The maximum atomic E-state index is 13.8. The topological polar surface area (TPSA) is 96.6 Å². The highest BCUT2D eigenvalue weighted by Crippen LogP contribution is 2.39. The Kier molecular flexibility index (Phi) is 7.43. The van der Waals surface area contributed by atoms with Crippen LogP contribution in [0.5, 0.6) is 5.75 Å². The van der Waals surface area contributed by atoms with Crippen LogP contribution in [0.25, 0.3) is 11.0 Å². The Balaban J connectivity index is 1.48. The highest BCUT2D eigenvalue weighted by atomic mass is 127. The number of hydrogen-bond acceptors (Lipinski definition) is 5. The molecule has 190 valence electrons. The number of nitrogens with zero attached hydrogens (tertiary/aromatic N) is 2. The Morgan fingerprint density at radius 3 is 2.51 bits per heavy atom. The molecule has 0 saturated carbocycles. The lowest BCUT2D eigenvalue weighted by Crippen LogP contribution is -2.38. The number of imidazole rings is 1. The van der Waals surface area contributed by atoms with Crippen molar-refractivity contribution in [3.8, 4) is 5.75 Å². The van der Waals surface area contributed by atoms with Gasteiger partial charge in [-0.1, -0.05) is 49.4 Å². The van der Waals surface area contributed by atoms with E-state index in [2.05, 4.69) is 32.9 Å². The van der Waals surface area contributed by atoms with Crippen LogP contribution in [0.4, 0.5) is 4.79 Å². The number of amides is 3. The molecule has 37 heavy (non-hydrogen) atoms. The molecule has 3 amide bonds. The molecule has 0 spiro atoms. The van der Waals surface area contributed by atoms with Crippen LogP contribution in [0, 0.1) is 3.57 Å². The number of methoxy groups -OCH3 is 1. The maximum Gasteiger partial charge on any atom is 0.325 e. The highest BCUT2D eigenvalue weighted by Gasteiger charge is 2.46. The molecular weight excluding hydrogens is 583 g/mol. The predicted molar refractivity (Wildman–Crippen MR) is 148 cm³/mol. The molecular formula is C28H27IN4O4. The summed E-state index contributed by atoms with van der Waals surface area (Å²) in [5.41, 5.74) is 3.34. The van der Waals surface area contributed by atoms with Crippen LogP contribution in [-0.4, -0.2) is 47.1 Å². The van der Waals surface area contributed by atoms with E-state index in [-0.39, 0.29) is 11.8 Å². The van der Waals surface area contributed by atoms with Crippen molar-refractivity contribution >= 4 is 45.6 Å². The fraction of sp³-hybridized carbons (Fsp3) is 0.250. The Labute approximate surface area is 228 Å². The average Bonchev–Trinajstić information content (AvgIpc) is 3.45. The van der Waals surface area contributed by atoms with Crippen molar-refractivity contribution in [2.75, 3.05) is 20.3 Å². The zero-order valence-corrected chi connectivity index (χ0v) is 22.6. The molecule has 1 fully saturated rings. The summed E-state index contributed by atoms with van der Waals surface area (Å²) >= 11 is 2.25. The van der Waals surface area contributed by atoms with Crippen molar-refractivity contribution < 1.29 is 19.1 Å². The molecule has 9 heteroatoms. The lowest BCUT2D eigenvalue weighted by molar-refractivity contribution is -0.129. The van der Waals surface area contributed by atoms with E-state index < -0.39 is 18.1 Å². The second-order valence-electron chi connectivity index (χ2n) is 8.93. The number of benzene rings is 3. The maximum absolute atomic E-state index is 13.8.